The van der Waals surface area contributed by atoms with E-state index in [1.165, 1.54) is 24.0 Å². The van der Waals surface area contributed by atoms with Crippen LogP contribution in [0.2, 0.25) is 0 Å². The van der Waals surface area contributed by atoms with Crippen molar-refractivity contribution in [3.05, 3.63) is 23.3 Å². The number of hydrogen-bond donors (Lipinski definition) is 2. The molecule has 1 aromatic rings. The number of methoxy groups -OCH3 is 1. The van der Waals surface area contributed by atoms with Crippen LogP contribution in [0.5, 0.6) is 11.5 Å². The smallest absolute Gasteiger partial charge is 0.165 e. The second-order valence-corrected chi connectivity index (χ2v) is 9.74. The van der Waals surface area contributed by atoms with E-state index in [1.807, 2.05) is 6.07 Å². The van der Waals surface area contributed by atoms with Crippen molar-refractivity contribution in [1.82, 2.24) is 4.90 Å². The molecule has 3 aliphatic carbocycles. The number of hydrogen-bond acceptors (Lipinski definition) is 5. The Morgan fingerprint density at radius 2 is 2.15 bits per heavy atom. The summed E-state index contributed by atoms with van der Waals surface area (Å²) in [5.74, 6) is 2.52. The molecule has 1 saturated heterocycles. The van der Waals surface area contributed by atoms with E-state index >= 15 is 0 Å². The molecule has 1 N–H and O–H groups in total. The molecule has 4 nitrogen and oxygen atoms in total. The molecule has 1 spiro atoms. The molecule has 0 aromatic heterocycles. The van der Waals surface area contributed by atoms with Crippen LogP contribution in [0.25, 0.3) is 0 Å². The molecule has 5 heteroatoms. The highest BCUT2D eigenvalue weighted by Gasteiger charge is 2.72. The van der Waals surface area contributed by atoms with Gasteiger partial charge in [0.15, 0.2) is 11.5 Å². The number of likely N-dealkylation sites (tertiary alicyclic amines) is 1. The van der Waals surface area contributed by atoms with Gasteiger partial charge in [0.2, 0.25) is 0 Å². The van der Waals surface area contributed by atoms with Crippen LogP contribution in [0.4, 0.5) is 0 Å². The fourth-order valence-electron chi connectivity index (χ4n) is 6.61. The van der Waals surface area contributed by atoms with Gasteiger partial charge in [-0.3, -0.25) is 4.90 Å². The molecule has 140 valence electrons. The standard InChI is InChI=1S/C21H27NO3S/c1-24-14-5-4-13-10-16-21(23)7-6-15(26)19-20(21,17(13)18(14)25-19)8-9-22(16)11-12-2-3-12/h4-5,12,15-16,19,23,26H,2-3,6-11H2,1H3/t15?,16-,19?,20+,21-/m1/s1. The van der Waals surface area contributed by atoms with Gasteiger partial charge in [-0.25, -0.2) is 0 Å². The first-order chi connectivity index (χ1) is 12.6. The van der Waals surface area contributed by atoms with Crippen LogP contribution in [-0.4, -0.2) is 53.2 Å². The van der Waals surface area contributed by atoms with Gasteiger partial charge in [0, 0.05) is 23.4 Å². The first kappa shape index (κ1) is 16.1. The van der Waals surface area contributed by atoms with E-state index in [-0.39, 0.29) is 22.8 Å². The summed E-state index contributed by atoms with van der Waals surface area (Å²) in [6.07, 6.45) is 6.27. The predicted molar refractivity (Wildman–Crippen MR) is 102 cm³/mol. The Balaban J connectivity index is 1.56. The molecule has 2 heterocycles. The number of aliphatic hydroxyl groups is 1. The summed E-state index contributed by atoms with van der Waals surface area (Å²) >= 11 is 4.90. The van der Waals surface area contributed by atoms with Crippen molar-refractivity contribution in [2.45, 2.75) is 66.9 Å². The van der Waals surface area contributed by atoms with Gasteiger partial charge in [-0.15, -0.1) is 0 Å². The lowest BCUT2D eigenvalue weighted by atomic mass is 9.49. The van der Waals surface area contributed by atoms with Crippen molar-refractivity contribution >= 4 is 12.6 Å². The molecule has 0 amide bonds. The Bertz CT molecular complexity index is 781. The summed E-state index contributed by atoms with van der Waals surface area (Å²) in [5, 5.41) is 12.4. The number of thiol groups is 1. The molecule has 2 bridgehead atoms. The highest BCUT2D eigenvalue weighted by molar-refractivity contribution is 7.81. The minimum absolute atomic E-state index is 0.0551. The molecule has 6 rings (SSSR count). The Labute approximate surface area is 160 Å². The predicted octanol–water partition coefficient (Wildman–Crippen LogP) is 2.56. The third kappa shape index (κ3) is 1.76. The molecule has 1 aromatic carbocycles. The number of piperidine rings is 1. The quantitative estimate of drug-likeness (QED) is 0.799. The molecule has 2 unspecified atom stereocenters. The number of rotatable bonds is 3. The SMILES string of the molecule is COc1ccc2c3c1OC1C(S)CC[C@@]4(O)[C@@H](C2)N(CC2CC2)CC[C@]314. The molecular weight excluding hydrogens is 346 g/mol. The Morgan fingerprint density at radius 1 is 1.31 bits per heavy atom. The van der Waals surface area contributed by atoms with Crippen LogP contribution in [0.1, 0.15) is 43.2 Å². The van der Waals surface area contributed by atoms with Crippen molar-refractivity contribution in [2.24, 2.45) is 5.92 Å². The van der Waals surface area contributed by atoms with E-state index in [2.05, 4.69) is 11.0 Å². The Morgan fingerprint density at radius 3 is 2.92 bits per heavy atom. The van der Waals surface area contributed by atoms with Crippen molar-refractivity contribution < 1.29 is 14.6 Å². The van der Waals surface area contributed by atoms with E-state index in [0.717, 1.165) is 56.2 Å². The van der Waals surface area contributed by atoms with E-state index < -0.39 is 5.60 Å². The van der Waals surface area contributed by atoms with Gasteiger partial charge in [-0.2, -0.15) is 12.6 Å². The third-order valence-electron chi connectivity index (χ3n) is 7.94. The average Bonchev–Trinajstić information content (AvgIpc) is 3.37. The fourth-order valence-corrected chi connectivity index (χ4v) is 7.05. The molecule has 2 saturated carbocycles. The van der Waals surface area contributed by atoms with Crippen LogP contribution >= 0.6 is 12.6 Å². The summed E-state index contributed by atoms with van der Waals surface area (Å²) in [6.45, 7) is 2.21. The summed E-state index contributed by atoms with van der Waals surface area (Å²) in [7, 11) is 1.70. The first-order valence-corrected chi connectivity index (χ1v) is 10.6. The van der Waals surface area contributed by atoms with Crippen molar-refractivity contribution in [3.63, 3.8) is 0 Å². The largest absolute Gasteiger partial charge is 0.493 e. The first-order valence-electron chi connectivity index (χ1n) is 10.1. The maximum atomic E-state index is 12.2. The summed E-state index contributed by atoms with van der Waals surface area (Å²) < 4.78 is 12.1. The lowest BCUT2D eigenvalue weighted by Crippen LogP contribution is -2.76. The second kappa shape index (κ2) is 5.12. The zero-order valence-corrected chi connectivity index (χ0v) is 16.2. The van der Waals surface area contributed by atoms with Crippen LogP contribution in [-0.2, 0) is 11.8 Å². The van der Waals surface area contributed by atoms with Crippen molar-refractivity contribution in [3.8, 4) is 11.5 Å². The Kier molecular flexibility index (Phi) is 3.17. The van der Waals surface area contributed by atoms with Crippen LogP contribution in [0, 0.1) is 5.92 Å². The summed E-state index contributed by atoms with van der Waals surface area (Å²) in [6, 6.07) is 4.46. The van der Waals surface area contributed by atoms with Gasteiger partial charge >= 0.3 is 0 Å². The summed E-state index contributed by atoms with van der Waals surface area (Å²) in [5.41, 5.74) is 1.56. The van der Waals surface area contributed by atoms with Gasteiger partial charge < -0.3 is 14.6 Å². The van der Waals surface area contributed by atoms with Gasteiger partial charge in [0.1, 0.15) is 6.10 Å². The maximum Gasteiger partial charge on any atom is 0.165 e. The van der Waals surface area contributed by atoms with Crippen molar-refractivity contribution in [2.75, 3.05) is 20.2 Å². The van der Waals surface area contributed by atoms with E-state index in [9.17, 15) is 5.11 Å². The highest BCUT2D eigenvalue weighted by atomic mass is 32.1. The van der Waals surface area contributed by atoms with E-state index in [0.29, 0.717) is 0 Å². The minimum atomic E-state index is -0.714. The molecule has 5 aliphatic rings. The van der Waals surface area contributed by atoms with Gasteiger partial charge in [0.25, 0.3) is 0 Å². The zero-order valence-electron chi connectivity index (χ0n) is 15.3. The lowest BCUT2D eigenvalue weighted by Gasteiger charge is -2.64. The molecule has 2 aliphatic heterocycles. The molecular formula is C21H27NO3S. The van der Waals surface area contributed by atoms with Crippen LogP contribution < -0.4 is 9.47 Å². The fraction of sp³-hybridized carbons (Fsp3) is 0.714. The van der Waals surface area contributed by atoms with Gasteiger partial charge in [0.05, 0.1) is 18.1 Å². The molecule has 5 atom stereocenters. The summed E-state index contributed by atoms with van der Waals surface area (Å²) in [4.78, 5) is 2.60. The second-order valence-electron chi connectivity index (χ2n) is 9.08. The molecule has 3 fully saturated rings. The number of nitrogens with zero attached hydrogens (tertiary/aromatic N) is 1. The van der Waals surface area contributed by atoms with Gasteiger partial charge in [-0.1, -0.05) is 6.07 Å². The van der Waals surface area contributed by atoms with Crippen molar-refractivity contribution in [1.29, 1.82) is 0 Å². The van der Waals surface area contributed by atoms with Crippen LogP contribution in [0.15, 0.2) is 12.1 Å². The molecule has 0 radical (unpaired) electrons. The average molecular weight is 374 g/mol. The van der Waals surface area contributed by atoms with Gasteiger partial charge in [-0.05, 0) is 62.6 Å². The topological polar surface area (TPSA) is 41.9 Å². The molecule has 26 heavy (non-hydrogen) atoms. The maximum absolute atomic E-state index is 12.2. The number of ether oxygens (including phenoxy) is 2. The minimum Gasteiger partial charge on any atom is -0.493 e. The monoisotopic (exact) mass is 373 g/mol. The highest BCUT2D eigenvalue weighted by Crippen LogP contribution is 2.66. The van der Waals surface area contributed by atoms with E-state index in [4.69, 9.17) is 22.1 Å². The number of benzene rings is 1. The zero-order chi connectivity index (χ0) is 17.7. The lowest BCUT2D eigenvalue weighted by molar-refractivity contribution is -0.183. The normalized spacial score (nSPS) is 43.0. The van der Waals surface area contributed by atoms with Crippen LogP contribution in [0.3, 0.4) is 0 Å². The third-order valence-corrected chi connectivity index (χ3v) is 8.46. The Hall–Kier alpha value is -0.910. The van der Waals surface area contributed by atoms with E-state index in [1.54, 1.807) is 7.11 Å².